The quantitative estimate of drug-likeness (QED) is 0.748. The number of rotatable bonds is 3. The van der Waals surface area contributed by atoms with Crippen molar-refractivity contribution in [1.82, 2.24) is 0 Å². The highest BCUT2D eigenvalue weighted by atomic mass is 35.5. The van der Waals surface area contributed by atoms with Gasteiger partial charge >= 0.3 is 0 Å². The number of halogens is 2. The van der Waals surface area contributed by atoms with E-state index in [4.69, 9.17) is 27.9 Å². The van der Waals surface area contributed by atoms with E-state index in [1.807, 2.05) is 26.0 Å². The van der Waals surface area contributed by atoms with Crippen LogP contribution in [0.25, 0.3) is 0 Å². The third-order valence-corrected chi connectivity index (χ3v) is 2.17. The maximum Gasteiger partial charge on any atom is 0.0734 e. The van der Waals surface area contributed by atoms with Gasteiger partial charge in [-0.05, 0) is 31.5 Å². The zero-order chi connectivity index (χ0) is 9.84. The summed E-state index contributed by atoms with van der Waals surface area (Å²) in [5.74, 6) is 0. The summed E-state index contributed by atoms with van der Waals surface area (Å²) in [5.41, 5.74) is 0.972. The number of hydrogen-bond acceptors (Lipinski definition) is 1. The Balaban J connectivity index is 2.67. The normalized spacial score (nSPS) is 10.8. The lowest BCUT2D eigenvalue weighted by Crippen LogP contribution is -2.02. The average Bonchev–Trinajstić information content (AvgIpc) is 2.02. The van der Waals surface area contributed by atoms with Gasteiger partial charge in [0.25, 0.3) is 0 Å². The van der Waals surface area contributed by atoms with Crippen LogP contribution in [0.5, 0.6) is 0 Å². The van der Waals surface area contributed by atoms with Gasteiger partial charge in [-0.1, -0.05) is 29.3 Å². The Morgan fingerprint density at radius 2 is 2.00 bits per heavy atom. The molecule has 1 rings (SSSR count). The summed E-state index contributed by atoms with van der Waals surface area (Å²) in [5, 5.41) is 1.31. The lowest BCUT2D eigenvalue weighted by atomic mass is 10.2. The Hall–Kier alpha value is -0.240. The zero-order valence-corrected chi connectivity index (χ0v) is 9.19. The highest BCUT2D eigenvalue weighted by Crippen LogP contribution is 2.21. The van der Waals surface area contributed by atoms with Crippen molar-refractivity contribution in [1.29, 1.82) is 0 Å². The van der Waals surface area contributed by atoms with Gasteiger partial charge in [0.15, 0.2) is 0 Å². The highest BCUT2D eigenvalue weighted by molar-refractivity contribution is 6.35. The van der Waals surface area contributed by atoms with Gasteiger partial charge in [0.1, 0.15) is 0 Å². The first-order valence-electron chi connectivity index (χ1n) is 4.15. The van der Waals surface area contributed by atoms with Gasteiger partial charge in [-0.25, -0.2) is 0 Å². The van der Waals surface area contributed by atoms with Crippen LogP contribution in [-0.4, -0.2) is 6.10 Å². The van der Waals surface area contributed by atoms with E-state index in [-0.39, 0.29) is 6.10 Å². The summed E-state index contributed by atoms with van der Waals surface area (Å²) in [7, 11) is 0. The van der Waals surface area contributed by atoms with E-state index in [0.29, 0.717) is 16.7 Å². The van der Waals surface area contributed by atoms with E-state index in [1.165, 1.54) is 0 Å². The van der Waals surface area contributed by atoms with Crippen LogP contribution in [-0.2, 0) is 11.3 Å². The van der Waals surface area contributed by atoms with E-state index < -0.39 is 0 Å². The highest BCUT2D eigenvalue weighted by Gasteiger charge is 2.02. The Kier molecular flexibility index (Phi) is 4.04. The van der Waals surface area contributed by atoms with Crippen LogP contribution in [0, 0.1) is 0 Å². The van der Waals surface area contributed by atoms with E-state index in [9.17, 15) is 0 Å². The fraction of sp³-hybridized carbons (Fsp3) is 0.400. The van der Waals surface area contributed by atoms with Crippen LogP contribution in [0.15, 0.2) is 18.2 Å². The molecule has 0 saturated heterocycles. The molecule has 3 heteroatoms. The summed E-state index contributed by atoms with van der Waals surface area (Å²) in [6, 6.07) is 5.42. The lowest BCUT2D eigenvalue weighted by Gasteiger charge is -2.08. The van der Waals surface area contributed by atoms with E-state index in [2.05, 4.69) is 0 Å². The van der Waals surface area contributed by atoms with Crippen molar-refractivity contribution in [3.63, 3.8) is 0 Å². The maximum atomic E-state index is 5.95. The fourth-order valence-electron chi connectivity index (χ4n) is 0.895. The van der Waals surface area contributed by atoms with Crippen LogP contribution in [0.2, 0.25) is 10.0 Å². The van der Waals surface area contributed by atoms with Crippen molar-refractivity contribution in [2.45, 2.75) is 26.6 Å². The van der Waals surface area contributed by atoms with Gasteiger partial charge in [0.05, 0.1) is 12.7 Å². The van der Waals surface area contributed by atoms with Crippen LogP contribution in [0.4, 0.5) is 0 Å². The third-order valence-electron chi connectivity index (χ3n) is 1.59. The summed E-state index contributed by atoms with van der Waals surface area (Å²) in [4.78, 5) is 0. The first-order valence-corrected chi connectivity index (χ1v) is 4.90. The molecular weight excluding hydrogens is 207 g/mol. The van der Waals surface area contributed by atoms with Gasteiger partial charge in [-0.3, -0.25) is 0 Å². The summed E-state index contributed by atoms with van der Waals surface area (Å²) in [6.07, 6.45) is 0.215. The van der Waals surface area contributed by atoms with Crippen LogP contribution in [0.1, 0.15) is 19.4 Å². The van der Waals surface area contributed by atoms with Gasteiger partial charge in [0.2, 0.25) is 0 Å². The first-order chi connectivity index (χ1) is 6.09. The molecule has 0 fully saturated rings. The first kappa shape index (κ1) is 10.8. The molecule has 0 aliphatic carbocycles. The maximum absolute atomic E-state index is 5.95. The SMILES string of the molecule is CC(C)OCc1ccc(Cl)cc1Cl. The van der Waals surface area contributed by atoms with Crippen molar-refractivity contribution in [3.8, 4) is 0 Å². The predicted octanol–water partition coefficient (Wildman–Crippen LogP) is 3.92. The Labute approximate surface area is 88.6 Å². The van der Waals surface area contributed by atoms with E-state index in [0.717, 1.165) is 5.56 Å². The molecule has 1 aromatic carbocycles. The standard InChI is InChI=1S/C10H12Cl2O/c1-7(2)13-6-8-3-4-9(11)5-10(8)12/h3-5,7H,6H2,1-2H3. The molecule has 1 nitrogen and oxygen atoms in total. The Morgan fingerprint density at radius 1 is 1.31 bits per heavy atom. The molecule has 0 bridgehead atoms. The minimum Gasteiger partial charge on any atom is -0.374 e. The van der Waals surface area contributed by atoms with Crippen LogP contribution < -0.4 is 0 Å². The molecule has 1 aromatic rings. The van der Waals surface area contributed by atoms with Crippen LogP contribution >= 0.6 is 23.2 Å². The molecule has 0 radical (unpaired) electrons. The van der Waals surface area contributed by atoms with Crippen LogP contribution in [0.3, 0.4) is 0 Å². The molecule has 0 amide bonds. The monoisotopic (exact) mass is 218 g/mol. The number of benzene rings is 1. The van der Waals surface area contributed by atoms with Crippen molar-refractivity contribution in [3.05, 3.63) is 33.8 Å². The molecular formula is C10H12Cl2O. The Bertz CT molecular complexity index is 284. The van der Waals surface area contributed by atoms with Gasteiger partial charge in [-0.2, -0.15) is 0 Å². The van der Waals surface area contributed by atoms with Crippen molar-refractivity contribution < 1.29 is 4.74 Å². The molecule has 0 unspecified atom stereocenters. The van der Waals surface area contributed by atoms with Gasteiger partial charge < -0.3 is 4.74 Å². The number of ether oxygens (including phenoxy) is 1. The minimum absolute atomic E-state index is 0.215. The van der Waals surface area contributed by atoms with Crippen molar-refractivity contribution in [2.24, 2.45) is 0 Å². The fourth-order valence-corrected chi connectivity index (χ4v) is 1.36. The summed E-state index contributed by atoms with van der Waals surface area (Å²) >= 11 is 11.7. The molecule has 0 N–H and O–H groups in total. The molecule has 0 saturated carbocycles. The molecule has 0 spiro atoms. The topological polar surface area (TPSA) is 9.23 Å². The second kappa shape index (κ2) is 4.85. The second-order valence-corrected chi connectivity index (χ2v) is 3.94. The summed E-state index contributed by atoms with van der Waals surface area (Å²) < 4.78 is 5.42. The average molecular weight is 219 g/mol. The third kappa shape index (κ3) is 3.55. The lowest BCUT2D eigenvalue weighted by molar-refractivity contribution is 0.0657. The zero-order valence-electron chi connectivity index (χ0n) is 7.68. The molecule has 13 heavy (non-hydrogen) atoms. The van der Waals surface area contributed by atoms with Crippen molar-refractivity contribution in [2.75, 3.05) is 0 Å². The molecule has 0 atom stereocenters. The minimum atomic E-state index is 0.215. The van der Waals surface area contributed by atoms with Gasteiger partial charge in [0, 0.05) is 10.0 Å². The second-order valence-electron chi connectivity index (χ2n) is 3.10. The van der Waals surface area contributed by atoms with E-state index in [1.54, 1.807) is 6.07 Å². The largest absolute Gasteiger partial charge is 0.374 e. The van der Waals surface area contributed by atoms with E-state index >= 15 is 0 Å². The molecule has 0 heterocycles. The summed E-state index contributed by atoms with van der Waals surface area (Å²) in [6.45, 7) is 4.52. The molecule has 0 aliphatic rings. The molecule has 0 aliphatic heterocycles. The molecule has 72 valence electrons. The molecule has 0 aromatic heterocycles. The Morgan fingerprint density at radius 3 is 2.54 bits per heavy atom. The predicted molar refractivity (Wildman–Crippen MR) is 56.4 cm³/mol. The van der Waals surface area contributed by atoms with Gasteiger partial charge in [-0.15, -0.1) is 0 Å². The smallest absolute Gasteiger partial charge is 0.0734 e. The number of hydrogen-bond donors (Lipinski definition) is 0. The van der Waals surface area contributed by atoms with Crippen molar-refractivity contribution >= 4 is 23.2 Å².